The predicted molar refractivity (Wildman–Crippen MR) is 202 cm³/mol. The van der Waals surface area contributed by atoms with Gasteiger partial charge in [-0.15, -0.1) is 10.2 Å². The molecule has 0 radical (unpaired) electrons. The number of nitrogens with one attached hydrogen (secondary N) is 2. The minimum Gasteiger partial charge on any atom is -0.494 e. The monoisotopic (exact) mass is 767 g/mol. The van der Waals surface area contributed by atoms with Crippen molar-refractivity contribution >= 4 is 82.2 Å². The van der Waals surface area contributed by atoms with Crippen molar-refractivity contribution in [1.29, 1.82) is 0 Å². The molecule has 274 valence electrons. The van der Waals surface area contributed by atoms with Crippen molar-refractivity contribution in [2.45, 2.75) is 16.7 Å². The molecule has 6 rings (SSSR count). The number of nitro benzene ring substituents is 1. The smallest absolute Gasteiger partial charge is 0.295 e. The molecule has 6 aromatic carbocycles. The van der Waals surface area contributed by atoms with Crippen molar-refractivity contribution in [2.24, 2.45) is 20.5 Å². The van der Waals surface area contributed by atoms with Gasteiger partial charge in [0.15, 0.2) is 0 Å². The van der Waals surface area contributed by atoms with Crippen molar-refractivity contribution in [3.05, 3.63) is 131 Å². The minimum absolute atomic E-state index is 0.00913. The highest BCUT2D eigenvalue weighted by atomic mass is 32.2. The van der Waals surface area contributed by atoms with E-state index in [1.54, 1.807) is 61.5 Å². The van der Waals surface area contributed by atoms with E-state index in [1.807, 2.05) is 30.3 Å². The summed E-state index contributed by atoms with van der Waals surface area (Å²) in [5, 5.41) is 35.7. The van der Waals surface area contributed by atoms with Crippen LogP contribution in [0.2, 0.25) is 0 Å². The maximum Gasteiger partial charge on any atom is 0.295 e. The molecule has 0 saturated carbocycles. The molecule has 54 heavy (non-hydrogen) atoms. The summed E-state index contributed by atoms with van der Waals surface area (Å²) in [7, 11) is -7.78. The lowest BCUT2D eigenvalue weighted by molar-refractivity contribution is -0.384. The van der Waals surface area contributed by atoms with Crippen LogP contribution in [-0.4, -0.2) is 38.0 Å². The summed E-state index contributed by atoms with van der Waals surface area (Å²) < 4.78 is 72.5. The Hall–Kier alpha value is -6.60. The van der Waals surface area contributed by atoms with Crippen LogP contribution >= 0.6 is 0 Å². The van der Waals surface area contributed by atoms with Gasteiger partial charge in [0.05, 0.1) is 29.1 Å². The van der Waals surface area contributed by atoms with Crippen molar-refractivity contribution in [3.8, 4) is 5.75 Å². The molecule has 0 saturated heterocycles. The number of nitro groups is 1. The quantitative estimate of drug-likeness (QED) is 0.0396. The maximum absolute atomic E-state index is 12.4. The van der Waals surface area contributed by atoms with E-state index in [0.29, 0.717) is 56.5 Å². The van der Waals surface area contributed by atoms with Gasteiger partial charge < -0.3 is 15.4 Å². The number of methoxy groups -OCH3 is 1. The number of azo groups is 2. The van der Waals surface area contributed by atoms with Crippen LogP contribution < -0.4 is 15.4 Å². The highest BCUT2D eigenvalue weighted by Crippen LogP contribution is 2.40. The lowest BCUT2D eigenvalue weighted by Gasteiger charge is -2.14. The number of aryl methyl sites for hydroxylation is 1. The van der Waals surface area contributed by atoms with Crippen molar-refractivity contribution < 1.29 is 35.6 Å². The van der Waals surface area contributed by atoms with Gasteiger partial charge in [0, 0.05) is 40.0 Å². The van der Waals surface area contributed by atoms with Gasteiger partial charge in [-0.05, 0) is 85.3 Å². The lowest BCUT2D eigenvalue weighted by Crippen LogP contribution is -2.02. The van der Waals surface area contributed by atoms with Gasteiger partial charge in [-0.25, -0.2) is 0 Å². The number of rotatable bonds is 12. The third-order valence-electron chi connectivity index (χ3n) is 7.96. The third kappa shape index (κ3) is 8.37. The van der Waals surface area contributed by atoms with E-state index in [0.717, 1.165) is 12.1 Å². The summed E-state index contributed by atoms with van der Waals surface area (Å²) >= 11 is 0. The zero-order valence-corrected chi connectivity index (χ0v) is 29.9. The number of benzene rings is 6. The molecule has 0 aliphatic heterocycles. The number of fused-ring (bicyclic) bond motifs is 1. The van der Waals surface area contributed by atoms with E-state index in [-0.39, 0.29) is 16.0 Å². The normalized spacial score (nSPS) is 12.0. The highest BCUT2D eigenvalue weighted by Gasteiger charge is 2.21. The Balaban J connectivity index is 1.24. The van der Waals surface area contributed by atoms with Gasteiger partial charge >= 0.3 is 0 Å². The summed E-state index contributed by atoms with van der Waals surface area (Å²) in [5.41, 5.74) is 3.32. The summed E-state index contributed by atoms with van der Waals surface area (Å²) in [6.07, 6.45) is 0. The Morgan fingerprint density at radius 2 is 1.31 bits per heavy atom. The Kier molecular flexibility index (Phi) is 10.4. The van der Waals surface area contributed by atoms with Crippen molar-refractivity contribution in [3.63, 3.8) is 0 Å². The summed E-state index contributed by atoms with van der Waals surface area (Å²) in [6, 6.07) is 29.7. The molecule has 0 unspecified atom stereocenters. The van der Waals surface area contributed by atoms with E-state index in [2.05, 4.69) is 31.1 Å². The first-order valence-corrected chi connectivity index (χ1v) is 18.6. The minimum atomic E-state index is -4.63. The largest absolute Gasteiger partial charge is 0.494 e. The predicted octanol–water partition coefficient (Wildman–Crippen LogP) is 9.88. The molecule has 0 fully saturated rings. The number of hydrogen-bond acceptors (Lipinski definition) is 13. The topological polar surface area (TPSA) is 235 Å². The lowest BCUT2D eigenvalue weighted by atomic mass is 10.1. The molecular weight excluding hydrogens is 739 g/mol. The van der Waals surface area contributed by atoms with Crippen LogP contribution in [0.5, 0.6) is 5.75 Å². The zero-order valence-electron chi connectivity index (χ0n) is 28.3. The molecule has 6 aromatic rings. The summed E-state index contributed by atoms with van der Waals surface area (Å²) in [6.45, 7) is 1.79. The van der Waals surface area contributed by atoms with E-state index < -0.39 is 35.7 Å². The molecule has 16 nitrogen and oxygen atoms in total. The van der Waals surface area contributed by atoms with Crippen LogP contribution in [0, 0.1) is 17.0 Å². The van der Waals surface area contributed by atoms with Gasteiger partial charge in [0.25, 0.3) is 25.9 Å². The van der Waals surface area contributed by atoms with E-state index in [1.165, 1.54) is 25.3 Å². The van der Waals surface area contributed by atoms with E-state index in [9.17, 15) is 36.1 Å². The molecule has 0 aromatic heterocycles. The summed E-state index contributed by atoms with van der Waals surface area (Å²) in [5.74, 6) is 0.324. The van der Waals surface area contributed by atoms with Crippen LogP contribution in [0.25, 0.3) is 10.8 Å². The molecule has 0 spiro atoms. The second kappa shape index (κ2) is 15.2. The molecule has 0 atom stereocenters. The summed E-state index contributed by atoms with van der Waals surface area (Å²) in [4.78, 5) is 9.86. The molecule has 18 heteroatoms. The number of para-hydroxylation sites is 1. The number of hydrogen-bond donors (Lipinski definition) is 4. The Bertz CT molecular complexity index is 2690. The molecule has 0 amide bonds. The Labute approximate surface area is 308 Å². The van der Waals surface area contributed by atoms with Crippen LogP contribution in [0.4, 0.5) is 51.2 Å². The van der Waals surface area contributed by atoms with Gasteiger partial charge in [0.2, 0.25) is 0 Å². The van der Waals surface area contributed by atoms with E-state index in [4.69, 9.17) is 4.74 Å². The molecule has 0 aliphatic rings. The van der Waals surface area contributed by atoms with E-state index >= 15 is 0 Å². The van der Waals surface area contributed by atoms with Gasteiger partial charge in [-0.1, -0.05) is 30.3 Å². The highest BCUT2D eigenvalue weighted by molar-refractivity contribution is 7.86. The Morgan fingerprint density at radius 1 is 0.667 bits per heavy atom. The van der Waals surface area contributed by atoms with Gasteiger partial charge in [-0.3, -0.25) is 19.2 Å². The fourth-order valence-corrected chi connectivity index (χ4v) is 6.60. The average Bonchev–Trinajstić information content (AvgIpc) is 3.14. The standard InChI is InChI=1S/C36H29N7O9S2/c1-22-19-32(42-40-28-17-18-30(38-23-7-4-3-5-8-23)36-27(28)9-6-10-35(36)54(49,50)51)34(52-2)21-31(22)41-39-25-13-11-24(12-14-25)37-29-16-15-26(53(46,47)48)20-33(29)43(44)45/h3-21,37-38H,1-2H3,(H,46,47,48)(H,49,50,51). The van der Waals surface area contributed by atoms with Gasteiger partial charge in [-0.2, -0.15) is 27.1 Å². The van der Waals surface area contributed by atoms with Gasteiger partial charge in [0.1, 0.15) is 26.9 Å². The fraction of sp³-hybridized carbons (Fsp3) is 0.0556. The third-order valence-corrected chi connectivity index (χ3v) is 9.70. The molecule has 0 bridgehead atoms. The second-order valence-electron chi connectivity index (χ2n) is 11.6. The number of anilines is 4. The average molecular weight is 768 g/mol. The maximum atomic E-state index is 12.4. The molecule has 0 aliphatic carbocycles. The number of ether oxygens (including phenoxy) is 1. The SMILES string of the molecule is COc1cc(N=Nc2ccc(Nc3ccc(S(=O)(=O)O)cc3[N+](=O)[O-])cc2)c(C)cc1N=Nc1ccc(Nc2ccccc2)c2c(S(=O)(=O)O)cccc12. The zero-order chi connectivity index (χ0) is 38.6. The van der Waals surface area contributed by atoms with Crippen LogP contribution in [-0.2, 0) is 20.2 Å². The number of nitrogens with zero attached hydrogens (tertiary/aromatic N) is 5. The Morgan fingerprint density at radius 3 is 1.98 bits per heavy atom. The second-order valence-corrected chi connectivity index (χ2v) is 14.4. The van der Waals surface area contributed by atoms with Crippen LogP contribution in [0.3, 0.4) is 0 Å². The molecule has 0 heterocycles. The first kappa shape index (κ1) is 37.2. The van der Waals surface area contributed by atoms with Crippen LogP contribution in [0.15, 0.2) is 146 Å². The fourth-order valence-electron chi connectivity index (χ4n) is 5.37. The first-order chi connectivity index (χ1) is 25.7. The van der Waals surface area contributed by atoms with Crippen molar-refractivity contribution in [1.82, 2.24) is 0 Å². The van der Waals surface area contributed by atoms with Crippen LogP contribution in [0.1, 0.15) is 5.56 Å². The molecule has 4 N–H and O–H groups in total. The molecular formula is C36H29N7O9S2. The first-order valence-electron chi connectivity index (χ1n) is 15.7. The van der Waals surface area contributed by atoms with Crippen molar-refractivity contribution in [2.75, 3.05) is 17.7 Å².